The summed E-state index contributed by atoms with van der Waals surface area (Å²) in [5.41, 5.74) is 3.80. The molecule has 2 unspecified atom stereocenters. The number of nitrogens with two attached hydrogens (primary N) is 1. The van der Waals surface area contributed by atoms with E-state index >= 15 is 0 Å². The van der Waals surface area contributed by atoms with Crippen molar-refractivity contribution in [3.63, 3.8) is 0 Å². The summed E-state index contributed by atoms with van der Waals surface area (Å²) in [5.74, 6) is 6.17. The smallest absolute Gasteiger partial charge is 0.0681 e. The second kappa shape index (κ2) is 5.69. The van der Waals surface area contributed by atoms with Crippen LogP contribution in [-0.4, -0.2) is 11.2 Å². The maximum absolute atomic E-state index is 6.20. The minimum absolute atomic E-state index is 0.0404. The molecule has 0 radical (unpaired) electrons. The molecule has 0 bridgehead atoms. The van der Waals surface area contributed by atoms with Gasteiger partial charge in [0.15, 0.2) is 0 Å². The van der Waals surface area contributed by atoms with Crippen molar-refractivity contribution in [3.05, 3.63) is 32.7 Å². The first kappa shape index (κ1) is 16.4. The van der Waals surface area contributed by atoms with Crippen LogP contribution < -0.4 is 11.3 Å². The fourth-order valence-electron chi connectivity index (χ4n) is 3.30. The minimum Gasteiger partial charge on any atom is -0.369 e. The quantitative estimate of drug-likeness (QED) is 0.581. The Morgan fingerprint density at radius 1 is 1.30 bits per heavy atom. The number of rotatable bonds is 3. The Labute approximate surface area is 137 Å². The second-order valence-corrected chi connectivity index (χ2v) is 8.36. The standard InChI is InChI=1S/C15H22Br2N2O/c1-14(2)8-11(15(3,4)20-14)13(19-18)10-7-9(16)5-6-12(10)17/h5-7,11,13,19H,8,18H2,1-4H3. The molecule has 1 aromatic rings. The third kappa shape index (κ3) is 3.28. The van der Waals surface area contributed by atoms with Gasteiger partial charge in [-0.1, -0.05) is 31.9 Å². The molecule has 3 nitrogen and oxygen atoms in total. The molecule has 2 atom stereocenters. The van der Waals surface area contributed by atoms with E-state index in [9.17, 15) is 0 Å². The van der Waals surface area contributed by atoms with Crippen molar-refractivity contribution in [1.29, 1.82) is 0 Å². The number of hydrazine groups is 1. The SMILES string of the molecule is CC1(C)CC(C(NN)c2cc(Br)ccc2Br)C(C)(C)O1. The second-order valence-electron chi connectivity index (χ2n) is 6.59. The molecule has 0 saturated carbocycles. The predicted molar refractivity (Wildman–Crippen MR) is 89.3 cm³/mol. The van der Waals surface area contributed by atoms with E-state index in [1.54, 1.807) is 0 Å². The topological polar surface area (TPSA) is 47.3 Å². The first-order valence-corrected chi connectivity index (χ1v) is 8.36. The summed E-state index contributed by atoms with van der Waals surface area (Å²) in [6.45, 7) is 8.56. The van der Waals surface area contributed by atoms with Gasteiger partial charge in [-0.2, -0.15) is 0 Å². The number of hydrogen-bond acceptors (Lipinski definition) is 3. The average molecular weight is 406 g/mol. The van der Waals surface area contributed by atoms with Gasteiger partial charge in [0.1, 0.15) is 0 Å². The van der Waals surface area contributed by atoms with Crippen LogP contribution in [0.3, 0.4) is 0 Å². The number of halogens is 2. The monoisotopic (exact) mass is 404 g/mol. The van der Waals surface area contributed by atoms with Crippen molar-refractivity contribution < 1.29 is 4.74 Å². The van der Waals surface area contributed by atoms with Crippen molar-refractivity contribution in [2.45, 2.75) is 51.4 Å². The average Bonchev–Trinajstić information content (AvgIpc) is 2.53. The van der Waals surface area contributed by atoms with Crippen LogP contribution in [0.4, 0.5) is 0 Å². The third-order valence-corrected chi connectivity index (χ3v) is 5.23. The Morgan fingerprint density at radius 2 is 1.95 bits per heavy atom. The molecule has 0 amide bonds. The lowest BCUT2D eigenvalue weighted by Gasteiger charge is -2.33. The van der Waals surface area contributed by atoms with Crippen molar-refractivity contribution in [3.8, 4) is 0 Å². The van der Waals surface area contributed by atoms with Gasteiger partial charge in [-0.15, -0.1) is 0 Å². The minimum atomic E-state index is -0.220. The molecule has 5 heteroatoms. The van der Waals surface area contributed by atoms with Crippen LogP contribution in [0.25, 0.3) is 0 Å². The van der Waals surface area contributed by atoms with Crippen molar-refractivity contribution in [1.82, 2.24) is 5.43 Å². The fourth-order valence-corrected chi connectivity index (χ4v) is 4.17. The summed E-state index contributed by atoms with van der Waals surface area (Å²) in [4.78, 5) is 0. The van der Waals surface area contributed by atoms with Crippen LogP contribution in [0.15, 0.2) is 27.1 Å². The Kier molecular flexibility index (Phi) is 4.67. The van der Waals surface area contributed by atoms with E-state index in [1.165, 1.54) is 0 Å². The highest BCUT2D eigenvalue weighted by atomic mass is 79.9. The van der Waals surface area contributed by atoms with Gasteiger partial charge in [-0.3, -0.25) is 11.3 Å². The van der Waals surface area contributed by atoms with Gasteiger partial charge in [0.2, 0.25) is 0 Å². The number of hydrogen-bond donors (Lipinski definition) is 2. The Morgan fingerprint density at radius 3 is 2.45 bits per heavy atom. The maximum Gasteiger partial charge on any atom is 0.0681 e. The van der Waals surface area contributed by atoms with E-state index in [0.717, 1.165) is 20.9 Å². The normalized spacial score (nSPS) is 25.6. The van der Waals surface area contributed by atoms with E-state index in [-0.39, 0.29) is 17.2 Å². The fraction of sp³-hybridized carbons (Fsp3) is 0.600. The molecule has 0 spiro atoms. The van der Waals surface area contributed by atoms with E-state index in [0.29, 0.717) is 5.92 Å². The van der Waals surface area contributed by atoms with Gasteiger partial charge < -0.3 is 4.74 Å². The van der Waals surface area contributed by atoms with E-state index in [2.05, 4.69) is 71.0 Å². The Bertz CT molecular complexity index is 503. The van der Waals surface area contributed by atoms with Gasteiger partial charge >= 0.3 is 0 Å². The molecule has 0 aliphatic carbocycles. The van der Waals surface area contributed by atoms with Gasteiger partial charge in [-0.05, 0) is 57.9 Å². The van der Waals surface area contributed by atoms with Crippen molar-refractivity contribution in [2.75, 3.05) is 0 Å². The lowest BCUT2D eigenvalue weighted by atomic mass is 9.79. The van der Waals surface area contributed by atoms with Gasteiger partial charge in [-0.25, -0.2) is 0 Å². The summed E-state index contributed by atoms with van der Waals surface area (Å²) < 4.78 is 8.31. The first-order valence-electron chi connectivity index (χ1n) is 6.77. The molecule has 1 heterocycles. The summed E-state index contributed by atoms with van der Waals surface area (Å²) in [5, 5.41) is 0. The lowest BCUT2D eigenvalue weighted by Crippen LogP contribution is -2.41. The van der Waals surface area contributed by atoms with Gasteiger partial charge in [0.25, 0.3) is 0 Å². The largest absolute Gasteiger partial charge is 0.369 e. The first-order chi connectivity index (χ1) is 9.16. The zero-order valence-electron chi connectivity index (χ0n) is 12.3. The molecular formula is C15H22Br2N2O. The molecular weight excluding hydrogens is 384 g/mol. The number of benzene rings is 1. The summed E-state index contributed by atoms with van der Waals surface area (Å²) in [6.07, 6.45) is 0.966. The van der Waals surface area contributed by atoms with Gasteiger partial charge in [0.05, 0.1) is 17.2 Å². The maximum atomic E-state index is 6.20. The molecule has 1 aromatic carbocycles. The lowest BCUT2D eigenvalue weighted by molar-refractivity contribution is -0.0779. The molecule has 0 aromatic heterocycles. The molecule has 1 aliphatic rings. The Hall–Kier alpha value is 0.0600. The number of ether oxygens (including phenoxy) is 1. The highest BCUT2D eigenvalue weighted by Gasteiger charge is 2.49. The van der Waals surface area contributed by atoms with Gasteiger partial charge in [0, 0.05) is 14.9 Å². The van der Waals surface area contributed by atoms with Crippen LogP contribution >= 0.6 is 31.9 Å². The van der Waals surface area contributed by atoms with Crippen LogP contribution in [-0.2, 0) is 4.74 Å². The van der Waals surface area contributed by atoms with Crippen LogP contribution in [0.2, 0.25) is 0 Å². The van der Waals surface area contributed by atoms with Crippen LogP contribution in [0.5, 0.6) is 0 Å². The molecule has 1 saturated heterocycles. The molecule has 20 heavy (non-hydrogen) atoms. The molecule has 112 valence electrons. The summed E-state index contributed by atoms with van der Waals surface area (Å²) in [7, 11) is 0. The van der Waals surface area contributed by atoms with E-state index in [4.69, 9.17) is 10.6 Å². The van der Waals surface area contributed by atoms with Crippen molar-refractivity contribution >= 4 is 31.9 Å². The zero-order valence-corrected chi connectivity index (χ0v) is 15.5. The zero-order chi connectivity index (χ0) is 15.1. The molecule has 1 aliphatic heterocycles. The molecule has 1 fully saturated rings. The number of nitrogens with one attached hydrogen (secondary N) is 1. The highest BCUT2D eigenvalue weighted by Crippen LogP contribution is 2.48. The Balaban J connectivity index is 2.40. The third-order valence-electron chi connectivity index (χ3n) is 4.02. The van der Waals surface area contributed by atoms with Crippen molar-refractivity contribution in [2.24, 2.45) is 11.8 Å². The van der Waals surface area contributed by atoms with Crippen LogP contribution in [0, 0.1) is 5.92 Å². The summed E-state index contributed by atoms with van der Waals surface area (Å²) in [6, 6.07) is 6.20. The van der Waals surface area contributed by atoms with E-state index < -0.39 is 0 Å². The highest BCUT2D eigenvalue weighted by molar-refractivity contribution is 9.11. The molecule has 3 N–H and O–H groups in total. The molecule has 2 rings (SSSR count). The van der Waals surface area contributed by atoms with E-state index in [1.807, 2.05) is 12.1 Å². The van der Waals surface area contributed by atoms with Crippen LogP contribution in [0.1, 0.15) is 45.7 Å². The predicted octanol–water partition coefficient (Wildman–Crippen LogP) is 4.31. The summed E-state index contributed by atoms with van der Waals surface area (Å²) >= 11 is 7.16.